The molecule has 0 saturated carbocycles. The van der Waals surface area contributed by atoms with Gasteiger partial charge >= 0.3 is 5.97 Å². The largest absolute Gasteiger partial charge is 0.478 e. The van der Waals surface area contributed by atoms with E-state index in [4.69, 9.17) is 4.42 Å². The molecule has 0 bridgehead atoms. The molecule has 1 unspecified atom stereocenters. The van der Waals surface area contributed by atoms with Gasteiger partial charge in [0.15, 0.2) is 5.58 Å². The zero-order valence-electron chi connectivity index (χ0n) is 17.7. The molecule has 0 aliphatic carbocycles. The molecule has 3 heterocycles. The third-order valence-corrected chi connectivity index (χ3v) is 5.59. The van der Waals surface area contributed by atoms with Crippen molar-refractivity contribution in [3.05, 3.63) is 89.9 Å². The summed E-state index contributed by atoms with van der Waals surface area (Å²) in [7, 11) is 0. The minimum Gasteiger partial charge on any atom is -0.478 e. The third-order valence-electron chi connectivity index (χ3n) is 5.59. The van der Waals surface area contributed by atoms with E-state index in [1.807, 2.05) is 38.1 Å². The highest BCUT2D eigenvalue weighted by atomic mass is 16.4. The van der Waals surface area contributed by atoms with Crippen molar-refractivity contribution in [2.75, 3.05) is 5.32 Å². The van der Waals surface area contributed by atoms with E-state index in [-0.39, 0.29) is 11.6 Å². The molecule has 2 aromatic carbocycles. The molecule has 0 aliphatic rings. The lowest BCUT2D eigenvalue weighted by Crippen LogP contribution is -2.11. The highest BCUT2D eigenvalue weighted by molar-refractivity contribution is 6.08. The maximum Gasteiger partial charge on any atom is 0.337 e. The Labute approximate surface area is 184 Å². The Morgan fingerprint density at radius 3 is 2.69 bits per heavy atom. The number of aryl methyl sites for hydroxylation is 1. The fourth-order valence-corrected chi connectivity index (χ4v) is 4.11. The summed E-state index contributed by atoms with van der Waals surface area (Å²) in [5.41, 5.74) is 6.94. The van der Waals surface area contributed by atoms with Crippen LogP contribution in [0.15, 0.2) is 77.6 Å². The summed E-state index contributed by atoms with van der Waals surface area (Å²) in [6.07, 6.45) is 5.33. The van der Waals surface area contributed by atoms with Crippen LogP contribution in [-0.4, -0.2) is 21.0 Å². The number of pyridine rings is 2. The molecular weight excluding hydrogens is 402 g/mol. The molecule has 32 heavy (non-hydrogen) atoms. The number of hydrogen-bond donors (Lipinski definition) is 2. The molecule has 0 saturated heterocycles. The number of carboxylic acid groups (broad SMARTS) is 1. The van der Waals surface area contributed by atoms with Crippen molar-refractivity contribution in [1.29, 1.82) is 0 Å². The molecule has 5 aromatic rings. The molecule has 6 nitrogen and oxygen atoms in total. The van der Waals surface area contributed by atoms with Crippen molar-refractivity contribution < 1.29 is 14.3 Å². The fourth-order valence-electron chi connectivity index (χ4n) is 4.11. The lowest BCUT2D eigenvalue weighted by Gasteiger charge is -2.18. The van der Waals surface area contributed by atoms with Crippen molar-refractivity contribution >= 4 is 33.7 Å². The number of rotatable bonds is 5. The number of benzene rings is 2. The number of aromatic nitrogens is 2. The number of fused-ring (bicyclic) bond motifs is 3. The summed E-state index contributed by atoms with van der Waals surface area (Å²) in [6.45, 7) is 4.03. The molecule has 5 rings (SSSR count). The van der Waals surface area contributed by atoms with Gasteiger partial charge in [-0.15, -0.1) is 0 Å². The van der Waals surface area contributed by atoms with Gasteiger partial charge in [0.2, 0.25) is 0 Å². The first-order valence-corrected chi connectivity index (χ1v) is 10.3. The average molecular weight is 423 g/mol. The van der Waals surface area contributed by atoms with E-state index in [1.165, 1.54) is 0 Å². The topological polar surface area (TPSA) is 88.2 Å². The van der Waals surface area contributed by atoms with Crippen LogP contribution in [0.5, 0.6) is 0 Å². The third kappa shape index (κ3) is 3.36. The number of carboxylic acids is 1. The van der Waals surface area contributed by atoms with Gasteiger partial charge in [0.1, 0.15) is 11.1 Å². The first kappa shape index (κ1) is 19.8. The molecule has 0 amide bonds. The van der Waals surface area contributed by atoms with E-state index in [9.17, 15) is 9.90 Å². The van der Waals surface area contributed by atoms with Gasteiger partial charge in [-0.05, 0) is 49.7 Å². The Hall–Kier alpha value is -4.19. The number of nitrogens with one attached hydrogen (secondary N) is 1. The van der Waals surface area contributed by atoms with Gasteiger partial charge in [0, 0.05) is 46.4 Å². The first-order chi connectivity index (χ1) is 15.5. The molecule has 158 valence electrons. The van der Waals surface area contributed by atoms with Gasteiger partial charge in [0.05, 0.1) is 11.6 Å². The predicted molar refractivity (Wildman–Crippen MR) is 125 cm³/mol. The molecule has 0 spiro atoms. The van der Waals surface area contributed by atoms with Crippen LogP contribution < -0.4 is 5.32 Å². The summed E-state index contributed by atoms with van der Waals surface area (Å²) < 4.78 is 6.41. The van der Waals surface area contributed by atoms with Gasteiger partial charge in [-0.1, -0.05) is 24.3 Å². The summed E-state index contributed by atoms with van der Waals surface area (Å²) in [6, 6.07) is 16.7. The second-order valence-electron chi connectivity index (χ2n) is 7.83. The van der Waals surface area contributed by atoms with Gasteiger partial charge in [-0.2, -0.15) is 0 Å². The van der Waals surface area contributed by atoms with Crippen molar-refractivity contribution in [2.24, 2.45) is 0 Å². The number of para-hydroxylation sites is 1. The minimum absolute atomic E-state index is 0.194. The Morgan fingerprint density at radius 1 is 1.06 bits per heavy atom. The normalized spacial score (nSPS) is 12.2. The summed E-state index contributed by atoms with van der Waals surface area (Å²) in [4.78, 5) is 20.5. The minimum atomic E-state index is -0.969. The second kappa shape index (κ2) is 7.81. The van der Waals surface area contributed by atoms with Crippen LogP contribution in [0, 0.1) is 6.92 Å². The van der Waals surface area contributed by atoms with E-state index >= 15 is 0 Å². The molecule has 0 radical (unpaired) electrons. The molecule has 2 N–H and O–H groups in total. The average Bonchev–Trinajstić information content (AvgIpc) is 3.18. The Bertz CT molecular complexity index is 1460. The first-order valence-electron chi connectivity index (χ1n) is 10.3. The maximum atomic E-state index is 11.6. The molecular formula is C26H21N3O3. The van der Waals surface area contributed by atoms with Crippen molar-refractivity contribution in [2.45, 2.75) is 19.9 Å². The molecule has 6 heteroatoms. The van der Waals surface area contributed by atoms with Gasteiger partial charge in [-0.25, -0.2) is 4.79 Å². The number of anilines is 1. The van der Waals surface area contributed by atoms with Crippen LogP contribution in [0.1, 0.15) is 34.5 Å². The van der Waals surface area contributed by atoms with Crippen LogP contribution in [0.2, 0.25) is 0 Å². The molecule has 0 aliphatic heterocycles. The number of hydrogen-bond acceptors (Lipinski definition) is 5. The van der Waals surface area contributed by atoms with Crippen molar-refractivity contribution in [3.63, 3.8) is 0 Å². The number of aromatic carboxylic acids is 1. The lowest BCUT2D eigenvalue weighted by molar-refractivity contribution is 0.0698. The SMILES string of the molecule is Cc1cc(C(C)Nc2ccccc2C(=O)O)c2oc3c(-c4cccnc4)ccnc3c2c1. The Balaban J connectivity index is 1.67. The number of nitrogens with zero attached hydrogens (tertiary/aromatic N) is 2. The van der Waals surface area contributed by atoms with E-state index in [0.29, 0.717) is 11.3 Å². The highest BCUT2D eigenvalue weighted by Gasteiger charge is 2.20. The molecule has 0 fully saturated rings. The highest BCUT2D eigenvalue weighted by Crippen LogP contribution is 2.38. The zero-order valence-corrected chi connectivity index (χ0v) is 17.7. The van der Waals surface area contributed by atoms with Crippen LogP contribution >= 0.6 is 0 Å². The Morgan fingerprint density at radius 2 is 1.91 bits per heavy atom. The van der Waals surface area contributed by atoms with Crippen molar-refractivity contribution in [3.8, 4) is 11.1 Å². The van der Waals surface area contributed by atoms with E-state index in [1.54, 1.807) is 36.8 Å². The lowest BCUT2D eigenvalue weighted by atomic mass is 10.0. The van der Waals surface area contributed by atoms with Crippen LogP contribution in [-0.2, 0) is 0 Å². The van der Waals surface area contributed by atoms with Gasteiger partial charge < -0.3 is 14.8 Å². The smallest absolute Gasteiger partial charge is 0.337 e. The summed E-state index contributed by atoms with van der Waals surface area (Å²) >= 11 is 0. The summed E-state index contributed by atoms with van der Waals surface area (Å²) in [5.74, 6) is -0.969. The van der Waals surface area contributed by atoms with E-state index in [2.05, 4.69) is 27.4 Å². The quantitative estimate of drug-likeness (QED) is 0.349. The summed E-state index contributed by atoms with van der Waals surface area (Å²) in [5, 5.41) is 13.8. The predicted octanol–water partition coefficient (Wildman–Crippen LogP) is 6.22. The van der Waals surface area contributed by atoms with E-state index < -0.39 is 5.97 Å². The number of carbonyl (C=O) groups is 1. The van der Waals surface area contributed by atoms with Crippen LogP contribution in [0.25, 0.3) is 33.2 Å². The van der Waals surface area contributed by atoms with Crippen LogP contribution in [0.4, 0.5) is 5.69 Å². The molecule has 1 atom stereocenters. The monoisotopic (exact) mass is 423 g/mol. The van der Waals surface area contributed by atoms with Crippen LogP contribution in [0.3, 0.4) is 0 Å². The number of furan rings is 1. The van der Waals surface area contributed by atoms with Gasteiger partial charge in [-0.3, -0.25) is 9.97 Å². The fraction of sp³-hybridized carbons (Fsp3) is 0.115. The van der Waals surface area contributed by atoms with E-state index in [0.717, 1.165) is 38.7 Å². The van der Waals surface area contributed by atoms with Gasteiger partial charge in [0.25, 0.3) is 0 Å². The maximum absolute atomic E-state index is 11.6. The molecule has 3 aromatic heterocycles. The van der Waals surface area contributed by atoms with Crippen molar-refractivity contribution in [1.82, 2.24) is 9.97 Å². The zero-order chi connectivity index (χ0) is 22.2. The second-order valence-corrected chi connectivity index (χ2v) is 7.83. The Kier molecular flexibility index (Phi) is 4.82. The standard InChI is InChI=1S/C26H21N3O3/c1-15-12-20(16(2)29-22-8-4-3-7-19(22)26(30)31)24-21(13-15)23-25(32-24)18(9-11-28-23)17-6-5-10-27-14-17/h3-14,16,29H,1-2H3,(H,30,31).